The highest BCUT2D eigenvalue weighted by Crippen LogP contribution is 2.34. The number of methoxy groups -OCH3 is 1. The normalized spacial score (nSPS) is 10.8. The van der Waals surface area contributed by atoms with Gasteiger partial charge in [0.2, 0.25) is 5.76 Å². The van der Waals surface area contributed by atoms with E-state index in [-0.39, 0.29) is 5.76 Å². The molecule has 3 aromatic carbocycles. The van der Waals surface area contributed by atoms with Crippen LogP contribution in [0.15, 0.2) is 75.9 Å². The second-order valence-electron chi connectivity index (χ2n) is 6.76. The molecule has 1 amide bonds. The van der Waals surface area contributed by atoms with Crippen LogP contribution in [0.3, 0.4) is 0 Å². The van der Waals surface area contributed by atoms with Crippen LogP contribution in [0.1, 0.15) is 16.1 Å². The van der Waals surface area contributed by atoms with Gasteiger partial charge in [0.05, 0.1) is 18.2 Å². The summed E-state index contributed by atoms with van der Waals surface area (Å²) in [5.41, 5.74) is 1.94. The first kappa shape index (κ1) is 19.7. The van der Waals surface area contributed by atoms with Gasteiger partial charge in [-0.1, -0.05) is 60.1 Å². The average Bonchev–Trinajstić information content (AvgIpc) is 2.76. The molecule has 1 heterocycles. The zero-order valence-electron chi connectivity index (χ0n) is 16.4. The van der Waals surface area contributed by atoms with Crippen molar-refractivity contribution in [3.8, 4) is 16.9 Å². The van der Waals surface area contributed by atoms with Gasteiger partial charge >= 0.3 is 5.63 Å². The van der Waals surface area contributed by atoms with Crippen LogP contribution in [-0.2, 0) is 0 Å². The van der Waals surface area contributed by atoms with Crippen LogP contribution in [0.25, 0.3) is 21.9 Å². The number of hydrogen-bond acceptors (Lipinski definition) is 4. The summed E-state index contributed by atoms with van der Waals surface area (Å²) in [5.74, 6) is -0.223. The fraction of sp³-hybridized carbons (Fsp3) is 0.0833. The molecule has 30 heavy (non-hydrogen) atoms. The average molecular weight is 420 g/mol. The van der Waals surface area contributed by atoms with Gasteiger partial charge in [-0.2, -0.15) is 0 Å². The minimum absolute atomic E-state index is 0.0699. The number of nitrogens with one attached hydrogen (secondary N) is 1. The Morgan fingerprint density at radius 2 is 1.67 bits per heavy atom. The van der Waals surface area contributed by atoms with Crippen LogP contribution in [0, 0.1) is 6.92 Å². The van der Waals surface area contributed by atoms with Crippen molar-refractivity contribution in [2.24, 2.45) is 0 Å². The molecule has 5 nitrogen and oxygen atoms in total. The first-order valence-electron chi connectivity index (χ1n) is 9.26. The van der Waals surface area contributed by atoms with Gasteiger partial charge < -0.3 is 14.5 Å². The van der Waals surface area contributed by atoms with E-state index in [4.69, 9.17) is 20.8 Å². The Morgan fingerprint density at radius 3 is 2.37 bits per heavy atom. The van der Waals surface area contributed by atoms with Crippen molar-refractivity contribution < 1.29 is 13.9 Å². The lowest BCUT2D eigenvalue weighted by atomic mass is 9.98. The van der Waals surface area contributed by atoms with Crippen molar-refractivity contribution in [2.45, 2.75) is 6.92 Å². The van der Waals surface area contributed by atoms with E-state index in [0.29, 0.717) is 32.8 Å². The van der Waals surface area contributed by atoms with E-state index in [9.17, 15) is 9.59 Å². The predicted octanol–water partition coefficient (Wildman–Crippen LogP) is 5.68. The standard InChI is InChI=1S/C24H18ClNO4/c1-14-12-19(20(29-2)13-18(14)25)26-23(27)22-21(15-8-4-3-5-9-15)16-10-6-7-11-17(16)24(28)30-22/h3-13H,1-2H3,(H,26,27). The Bertz CT molecular complexity index is 1310. The molecule has 6 heteroatoms. The van der Waals surface area contributed by atoms with Crippen molar-refractivity contribution >= 4 is 34.0 Å². The number of hydrogen-bond donors (Lipinski definition) is 1. The number of carbonyl (C=O) groups is 1. The third-order valence-corrected chi connectivity index (χ3v) is 5.24. The maximum absolute atomic E-state index is 13.2. The van der Waals surface area contributed by atoms with Gasteiger partial charge in [0.1, 0.15) is 5.75 Å². The predicted molar refractivity (Wildman–Crippen MR) is 119 cm³/mol. The van der Waals surface area contributed by atoms with E-state index in [1.807, 2.05) is 43.3 Å². The molecule has 0 aliphatic heterocycles. The molecule has 0 bridgehead atoms. The molecule has 4 rings (SSSR count). The number of fused-ring (bicyclic) bond motifs is 1. The molecule has 0 spiro atoms. The smallest absolute Gasteiger partial charge is 0.344 e. The fourth-order valence-electron chi connectivity index (χ4n) is 3.36. The number of anilines is 1. The van der Waals surface area contributed by atoms with Crippen molar-refractivity contribution in [3.05, 3.63) is 93.5 Å². The molecular weight excluding hydrogens is 402 g/mol. The molecule has 0 saturated carbocycles. The second kappa shape index (κ2) is 8.05. The third kappa shape index (κ3) is 3.55. The summed E-state index contributed by atoms with van der Waals surface area (Å²) in [5, 5.41) is 4.37. The second-order valence-corrected chi connectivity index (χ2v) is 7.17. The van der Waals surface area contributed by atoms with Crippen LogP contribution in [-0.4, -0.2) is 13.0 Å². The van der Waals surface area contributed by atoms with Gasteiger partial charge in [0.15, 0.2) is 0 Å². The minimum atomic E-state index is -0.574. The van der Waals surface area contributed by atoms with Gasteiger partial charge in [-0.05, 0) is 30.2 Å². The largest absolute Gasteiger partial charge is 0.495 e. The van der Waals surface area contributed by atoms with E-state index in [1.165, 1.54) is 7.11 Å². The van der Waals surface area contributed by atoms with Gasteiger partial charge in [0, 0.05) is 22.0 Å². The van der Waals surface area contributed by atoms with E-state index < -0.39 is 11.5 Å². The Hall–Kier alpha value is -3.57. The minimum Gasteiger partial charge on any atom is -0.495 e. The first-order chi connectivity index (χ1) is 14.5. The number of aryl methyl sites for hydroxylation is 1. The number of amides is 1. The van der Waals surface area contributed by atoms with Crippen molar-refractivity contribution in [3.63, 3.8) is 0 Å². The zero-order chi connectivity index (χ0) is 21.3. The van der Waals surface area contributed by atoms with Crippen molar-refractivity contribution in [1.82, 2.24) is 0 Å². The Labute approximate surface area is 177 Å². The molecule has 0 atom stereocenters. The van der Waals surface area contributed by atoms with Crippen molar-refractivity contribution in [1.29, 1.82) is 0 Å². The van der Waals surface area contributed by atoms with Crippen LogP contribution in [0.2, 0.25) is 5.02 Å². The Balaban J connectivity index is 1.90. The molecule has 0 unspecified atom stereocenters. The van der Waals surface area contributed by atoms with E-state index >= 15 is 0 Å². The number of ether oxygens (including phenoxy) is 1. The van der Waals surface area contributed by atoms with Crippen LogP contribution in [0.4, 0.5) is 5.69 Å². The SMILES string of the molecule is COc1cc(Cl)c(C)cc1NC(=O)c1oc(=O)c2ccccc2c1-c1ccccc1. The van der Waals surface area contributed by atoms with Crippen LogP contribution >= 0.6 is 11.6 Å². The highest BCUT2D eigenvalue weighted by molar-refractivity contribution is 6.31. The van der Waals surface area contributed by atoms with Gasteiger partial charge in [-0.3, -0.25) is 4.79 Å². The van der Waals surface area contributed by atoms with Crippen LogP contribution < -0.4 is 15.7 Å². The molecule has 0 aliphatic carbocycles. The van der Waals surface area contributed by atoms with Gasteiger partial charge in [0.25, 0.3) is 5.91 Å². The molecule has 4 aromatic rings. The molecule has 150 valence electrons. The summed E-state index contributed by atoms with van der Waals surface area (Å²) in [6.07, 6.45) is 0. The molecule has 1 aromatic heterocycles. The van der Waals surface area contributed by atoms with E-state index in [2.05, 4.69) is 5.32 Å². The molecule has 0 fully saturated rings. The molecule has 0 saturated heterocycles. The van der Waals surface area contributed by atoms with E-state index in [1.54, 1.807) is 30.3 Å². The third-order valence-electron chi connectivity index (χ3n) is 4.84. The summed E-state index contributed by atoms with van der Waals surface area (Å²) in [4.78, 5) is 25.8. The highest BCUT2D eigenvalue weighted by Gasteiger charge is 2.22. The number of halogens is 1. The topological polar surface area (TPSA) is 68.5 Å². The lowest BCUT2D eigenvalue weighted by Gasteiger charge is -2.14. The van der Waals surface area contributed by atoms with Gasteiger partial charge in [-0.15, -0.1) is 0 Å². The lowest BCUT2D eigenvalue weighted by molar-refractivity contribution is 0.0993. The summed E-state index contributed by atoms with van der Waals surface area (Å²) >= 11 is 6.16. The number of rotatable bonds is 4. The fourth-order valence-corrected chi connectivity index (χ4v) is 3.51. The lowest BCUT2D eigenvalue weighted by Crippen LogP contribution is -2.17. The summed E-state index contributed by atoms with van der Waals surface area (Å²) in [6, 6.07) is 19.7. The molecule has 0 aliphatic rings. The Kier molecular flexibility index (Phi) is 5.29. The van der Waals surface area contributed by atoms with Crippen molar-refractivity contribution in [2.75, 3.05) is 12.4 Å². The maximum Gasteiger partial charge on any atom is 0.344 e. The quantitative estimate of drug-likeness (QED) is 0.462. The molecule has 0 radical (unpaired) electrons. The highest BCUT2D eigenvalue weighted by atomic mass is 35.5. The summed E-state index contributed by atoms with van der Waals surface area (Å²) in [7, 11) is 1.49. The van der Waals surface area contributed by atoms with Gasteiger partial charge in [-0.25, -0.2) is 4.79 Å². The molecule has 1 N–H and O–H groups in total. The Morgan fingerprint density at radius 1 is 1.00 bits per heavy atom. The zero-order valence-corrected chi connectivity index (χ0v) is 17.1. The first-order valence-corrected chi connectivity index (χ1v) is 9.64. The molecular formula is C24H18ClNO4. The maximum atomic E-state index is 13.2. The summed E-state index contributed by atoms with van der Waals surface area (Å²) in [6.45, 7) is 1.82. The number of carbonyl (C=O) groups excluding carboxylic acids is 1. The van der Waals surface area contributed by atoms with Crippen LogP contribution in [0.5, 0.6) is 5.75 Å². The monoisotopic (exact) mass is 419 g/mol. The van der Waals surface area contributed by atoms with E-state index in [0.717, 1.165) is 11.1 Å². The number of benzene rings is 3. The summed E-state index contributed by atoms with van der Waals surface area (Å²) < 4.78 is 10.8.